The van der Waals surface area contributed by atoms with E-state index in [0.717, 1.165) is 0 Å². The number of nitrogens with zero attached hydrogens (tertiary/aromatic N) is 1. The van der Waals surface area contributed by atoms with Crippen LogP contribution in [-0.4, -0.2) is 36.9 Å². The summed E-state index contributed by atoms with van der Waals surface area (Å²) in [5, 5.41) is 2.80. The average Bonchev–Trinajstić information content (AvgIpc) is 2.29. The van der Waals surface area contributed by atoms with Crippen molar-refractivity contribution in [3.63, 3.8) is 0 Å². The molecule has 4 heteroatoms. The lowest BCUT2D eigenvalue weighted by Crippen LogP contribution is -2.36. The summed E-state index contributed by atoms with van der Waals surface area (Å²) in [7, 11) is 3.40. The molecule has 92 valence electrons. The predicted molar refractivity (Wildman–Crippen MR) is 66.7 cm³/mol. The summed E-state index contributed by atoms with van der Waals surface area (Å²) in [4.78, 5) is 24.7. The van der Waals surface area contributed by atoms with Gasteiger partial charge < -0.3 is 10.2 Å². The van der Waals surface area contributed by atoms with Gasteiger partial charge in [0.05, 0.1) is 0 Å². The molecule has 0 radical (unpaired) electrons. The molecule has 1 atom stereocenters. The number of carbonyl (C=O) groups excluding carboxylic acids is 2. The van der Waals surface area contributed by atoms with Crippen molar-refractivity contribution in [3.05, 3.63) is 35.9 Å². The van der Waals surface area contributed by atoms with Crippen molar-refractivity contribution in [2.45, 2.75) is 19.4 Å². The fourth-order valence-electron chi connectivity index (χ4n) is 1.39. The van der Waals surface area contributed by atoms with Crippen LogP contribution in [0.25, 0.3) is 0 Å². The van der Waals surface area contributed by atoms with Crippen molar-refractivity contribution in [2.24, 2.45) is 0 Å². The summed E-state index contributed by atoms with van der Waals surface area (Å²) in [5.74, 6) is -0.143. The van der Waals surface area contributed by atoms with Crippen LogP contribution in [0.15, 0.2) is 30.3 Å². The monoisotopic (exact) mass is 234 g/mol. The van der Waals surface area contributed by atoms with Crippen molar-refractivity contribution in [2.75, 3.05) is 14.1 Å². The second-order valence-corrected chi connectivity index (χ2v) is 4.23. The zero-order valence-corrected chi connectivity index (χ0v) is 10.4. The molecule has 0 unspecified atom stereocenters. The minimum absolute atomic E-state index is 0.00543. The Morgan fingerprint density at radius 1 is 1.24 bits per heavy atom. The van der Waals surface area contributed by atoms with E-state index < -0.39 is 0 Å². The smallest absolute Gasteiger partial charge is 0.251 e. The second kappa shape index (κ2) is 6.03. The van der Waals surface area contributed by atoms with E-state index in [2.05, 4.69) is 5.32 Å². The van der Waals surface area contributed by atoms with Gasteiger partial charge in [0, 0.05) is 32.1 Å². The van der Waals surface area contributed by atoms with Gasteiger partial charge in [-0.15, -0.1) is 0 Å². The molecule has 0 aromatic heterocycles. The van der Waals surface area contributed by atoms with Crippen LogP contribution < -0.4 is 5.32 Å². The Balaban J connectivity index is 2.50. The zero-order valence-electron chi connectivity index (χ0n) is 10.4. The van der Waals surface area contributed by atoms with E-state index in [9.17, 15) is 9.59 Å². The maximum atomic E-state index is 11.8. The van der Waals surface area contributed by atoms with E-state index in [4.69, 9.17) is 0 Å². The first-order chi connectivity index (χ1) is 8.00. The van der Waals surface area contributed by atoms with Gasteiger partial charge in [-0.05, 0) is 19.1 Å². The van der Waals surface area contributed by atoms with E-state index in [0.29, 0.717) is 12.0 Å². The molecule has 0 aliphatic rings. The number of carbonyl (C=O) groups is 2. The second-order valence-electron chi connectivity index (χ2n) is 4.23. The molecule has 1 rings (SSSR count). The fraction of sp³-hybridized carbons (Fsp3) is 0.385. The summed E-state index contributed by atoms with van der Waals surface area (Å²) in [6.07, 6.45) is 0.311. The third kappa shape index (κ3) is 4.26. The molecule has 0 aliphatic carbocycles. The molecule has 4 nitrogen and oxygen atoms in total. The van der Waals surface area contributed by atoms with E-state index >= 15 is 0 Å². The summed E-state index contributed by atoms with van der Waals surface area (Å²) in [6.45, 7) is 1.82. The first-order valence-electron chi connectivity index (χ1n) is 5.56. The van der Waals surface area contributed by atoms with Gasteiger partial charge in [-0.2, -0.15) is 0 Å². The number of nitrogens with one attached hydrogen (secondary N) is 1. The quantitative estimate of drug-likeness (QED) is 0.853. The molecule has 1 aromatic rings. The summed E-state index contributed by atoms with van der Waals surface area (Å²) >= 11 is 0. The number of hydrogen-bond donors (Lipinski definition) is 1. The standard InChI is InChI=1S/C13H18N2O2/c1-10(9-12(16)15(2)3)14-13(17)11-7-5-4-6-8-11/h4-8,10H,9H2,1-3H3,(H,14,17)/t10-/m0/s1. The molecule has 0 saturated heterocycles. The van der Waals surface area contributed by atoms with Crippen LogP contribution in [0, 0.1) is 0 Å². The first-order valence-corrected chi connectivity index (χ1v) is 5.56. The van der Waals surface area contributed by atoms with Crippen molar-refractivity contribution in [1.29, 1.82) is 0 Å². The minimum Gasteiger partial charge on any atom is -0.349 e. The number of amides is 2. The largest absolute Gasteiger partial charge is 0.349 e. The SMILES string of the molecule is C[C@@H](CC(=O)N(C)C)NC(=O)c1ccccc1. The van der Waals surface area contributed by atoms with Crippen molar-refractivity contribution in [1.82, 2.24) is 10.2 Å². The van der Waals surface area contributed by atoms with E-state index in [1.807, 2.05) is 25.1 Å². The molecule has 1 N–H and O–H groups in total. The molecular formula is C13H18N2O2. The summed E-state index contributed by atoms with van der Waals surface area (Å²) in [6, 6.07) is 8.80. The number of rotatable bonds is 4. The lowest BCUT2D eigenvalue weighted by molar-refractivity contribution is -0.129. The molecule has 17 heavy (non-hydrogen) atoms. The van der Waals surface area contributed by atoms with Crippen molar-refractivity contribution >= 4 is 11.8 Å². The normalized spacial score (nSPS) is 11.7. The molecule has 1 aromatic carbocycles. The maximum Gasteiger partial charge on any atom is 0.251 e. The lowest BCUT2D eigenvalue weighted by atomic mass is 10.1. The van der Waals surface area contributed by atoms with Gasteiger partial charge in [0.2, 0.25) is 5.91 Å². The molecule has 0 aliphatic heterocycles. The highest BCUT2D eigenvalue weighted by Crippen LogP contribution is 2.01. The maximum absolute atomic E-state index is 11.8. The lowest BCUT2D eigenvalue weighted by Gasteiger charge is -2.16. The Kier molecular flexibility index (Phi) is 4.69. The van der Waals surface area contributed by atoms with Crippen LogP contribution >= 0.6 is 0 Å². The highest BCUT2D eigenvalue weighted by molar-refractivity contribution is 5.94. The van der Waals surface area contributed by atoms with Crippen molar-refractivity contribution < 1.29 is 9.59 Å². The molecule has 0 heterocycles. The molecule has 0 spiro atoms. The van der Waals surface area contributed by atoms with Gasteiger partial charge >= 0.3 is 0 Å². The first kappa shape index (κ1) is 13.2. The Morgan fingerprint density at radius 2 is 1.82 bits per heavy atom. The van der Waals surface area contributed by atoms with Crippen LogP contribution in [0.5, 0.6) is 0 Å². The van der Waals surface area contributed by atoms with Gasteiger partial charge in [0.15, 0.2) is 0 Å². The Bertz CT molecular complexity index is 388. The van der Waals surface area contributed by atoms with Crippen LogP contribution in [0.4, 0.5) is 0 Å². The Morgan fingerprint density at radius 3 is 2.35 bits per heavy atom. The van der Waals surface area contributed by atoms with Crippen LogP contribution in [-0.2, 0) is 4.79 Å². The highest BCUT2D eigenvalue weighted by atomic mass is 16.2. The molecular weight excluding hydrogens is 216 g/mol. The van der Waals surface area contributed by atoms with Gasteiger partial charge in [-0.25, -0.2) is 0 Å². The zero-order chi connectivity index (χ0) is 12.8. The number of benzene rings is 1. The van der Waals surface area contributed by atoms with Crippen LogP contribution in [0.3, 0.4) is 0 Å². The van der Waals surface area contributed by atoms with E-state index in [1.54, 1.807) is 26.2 Å². The molecule has 2 amide bonds. The topological polar surface area (TPSA) is 49.4 Å². The van der Waals surface area contributed by atoms with E-state index in [-0.39, 0.29) is 17.9 Å². The Hall–Kier alpha value is -1.84. The third-order valence-electron chi connectivity index (χ3n) is 2.39. The van der Waals surface area contributed by atoms with Gasteiger partial charge in [0.25, 0.3) is 5.91 Å². The van der Waals surface area contributed by atoms with Gasteiger partial charge in [-0.3, -0.25) is 9.59 Å². The molecule has 0 bridgehead atoms. The highest BCUT2D eigenvalue weighted by Gasteiger charge is 2.13. The van der Waals surface area contributed by atoms with Crippen molar-refractivity contribution in [3.8, 4) is 0 Å². The van der Waals surface area contributed by atoms with Gasteiger partial charge in [-0.1, -0.05) is 18.2 Å². The minimum atomic E-state index is -0.169. The number of hydrogen-bond acceptors (Lipinski definition) is 2. The Labute approximate surface area is 102 Å². The fourth-order valence-corrected chi connectivity index (χ4v) is 1.39. The van der Waals surface area contributed by atoms with E-state index in [1.165, 1.54) is 4.90 Å². The predicted octanol–water partition coefficient (Wildman–Crippen LogP) is 1.28. The van der Waals surface area contributed by atoms with Crippen LogP contribution in [0.1, 0.15) is 23.7 Å². The summed E-state index contributed by atoms with van der Waals surface area (Å²) < 4.78 is 0. The van der Waals surface area contributed by atoms with Gasteiger partial charge in [0.1, 0.15) is 0 Å². The summed E-state index contributed by atoms with van der Waals surface area (Å²) in [5.41, 5.74) is 0.608. The molecule has 0 saturated carbocycles. The molecule has 0 fully saturated rings. The average molecular weight is 234 g/mol. The third-order valence-corrected chi connectivity index (χ3v) is 2.39. The van der Waals surface area contributed by atoms with Crippen LogP contribution in [0.2, 0.25) is 0 Å².